The van der Waals surface area contributed by atoms with Crippen molar-refractivity contribution >= 4 is 21.4 Å². The minimum atomic E-state index is -4.13. The number of rotatable bonds is 3. The van der Waals surface area contributed by atoms with Gasteiger partial charge in [0.05, 0.1) is 4.90 Å². The second kappa shape index (κ2) is 5.33. The van der Waals surface area contributed by atoms with Gasteiger partial charge in [0.2, 0.25) is 0 Å². The SMILES string of the molecule is Cc1cc(S(=O)(=O)Nc2c(F)cccc2F)cc(N)c1C. The molecule has 0 aromatic heterocycles. The first-order valence-corrected chi connectivity index (χ1v) is 7.54. The number of anilines is 2. The van der Waals surface area contributed by atoms with E-state index in [4.69, 9.17) is 5.73 Å². The Hall–Kier alpha value is -2.15. The Morgan fingerprint density at radius 3 is 2.19 bits per heavy atom. The van der Waals surface area contributed by atoms with Crippen LogP contribution in [0.25, 0.3) is 0 Å². The van der Waals surface area contributed by atoms with Gasteiger partial charge in [-0.15, -0.1) is 0 Å². The van der Waals surface area contributed by atoms with Crippen molar-refractivity contribution in [1.82, 2.24) is 0 Å². The van der Waals surface area contributed by atoms with Crippen molar-refractivity contribution < 1.29 is 17.2 Å². The molecule has 21 heavy (non-hydrogen) atoms. The van der Waals surface area contributed by atoms with Gasteiger partial charge in [-0.25, -0.2) is 17.2 Å². The maximum Gasteiger partial charge on any atom is 0.262 e. The van der Waals surface area contributed by atoms with Gasteiger partial charge < -0.3 is 5.73 Å². The fourth-order valence-electron chi connectivity index (χ4n) is 1.80. The van der Waals surface area contributed by atoms with E-state index in [-0.39, 0.29) is 4.90 Å². The summed E-state index contributed by atoms with van der Waals surface area (Å²) in [7, 11) is -4.13. The van der Waals surface area contributed by atoms with E-state index in [1.807, 2.05) is 4.72 Å². The number of aryl methyl sites for hydroxylation is 1. The standard InChI is InChI=1S/C14H14F2N2O2S/c1-8-6-10(7-13(17)9(8)2)21(19,20)18-14-11(15)4-3-5-12(14)16/h3-7,18H,17H2,1-2H3. The highest BCUT2D eigenvalue weighted by atomic mass is 32.2. The maximum atomic E-state index is 13.5. The lowest BCUT2D eigenvalue weighted by Gasteiger charge is -2.12. The summed E-state index contributed by atoms with van der Waals surface area (Å²) in [6.45, 7) is 3.46. The number of nitrogens with two attached hydrogens (primary N) is 1. The second-order valence-electron chi connectivity index (χ2n) is 4.66. The van der Waals surface area contributed by atoms with E-state index in [0.29, 0.717) is 11.3 Å². The Labute approximate surface area is 121 Å². The highest BCUT2D eigenvalue weighted by Crippen LogP contribution is 2.25. The van der Waals surface area contributed by atoms with E-state index in [2.05, 4.69) is 0 Å². The van der Waals surface area contributed by atoms with E-state index >= 15 is 0 Å². The molecule has 2 rings (SSSR count). The van der Waals surface area contributed by atoms with E-state index in [1.54, 1.807) is 13.8 Å². The van der Waals surface area contributed by atoms with Crippen molar-refractivity contribution in [2.45, 2.75) is 18.7 Å². The number of sulfonamides is 1. The minimum absolute atomic E-state index is 0.147. The van der Waals surface area contributed by atoms with Crippen molar-refractivity contribution in [2.75, 3.05) is 10.5 Å². The van der Waals surface area contributed by atoms with Gasteiger partial charge in [-0.3, -0.25) is 4.72 Å². The normalized spacial score (nSPS) is 11.4. The molecule has 0 heterocycles. The maximum absolute atomic E-state index is 13.5. The summed E-state index contributed by atoms with van der Waals surface area (Å²) in [6, 6.07) is 5.73. The molecule has 112 valence electrons. The molecule has 0 aliphatic carbocycles. The molecule has 0 radical (unpaired) electrons. The molecule has 0 spiro atoms. The van der Waals surface area contributed by atoms with Crippen LogP contribution in [0.4, 0.5) is 20.2 Å². The first-order chi connectivity index (χ1) is 9.72. The van der Waals surface area contributed by atoms with Crippen LogP contribution in [0.5, 0.6) is 0 Å². The molecule has 0 saturated heterocycles. The zero-order valence-electron chi connectivity index (χ0n) is 11.4. The molecule has 2 aromatic carbocycles. The summed E-state index contributed by atoms with van der Waals surface area (Å²) in [5.41, 5.74) is 6.74. The smallest absolute Gasteiger partial charge is 0.262 e. The molecule has 0 fully saturated rings. The second-order valence-corrected chi connectivity index (χ2v) is 6.34. The van der Waals surface area contributed by atoms with Crippen molar-refractivity contribution in [3.63, 3.8) is 0 Å². The third-order valence-corrected chi connectivity index (χ3v) is 4.52. The Morgan fingerprint density at radius 2 is 1.67 bits per heavy atom. The number of hydrogen-bond donors (Lipinski definition) is 2. The van der Waals surface area contributed by atoms with E-state index in [1.165, 1.54) is 12.1 Å². The monoisotopic (exact) mass is 312 g/mol. The van der Waals surface area contributed by atoms with E-state index in [9.17, 15) is 17.2 Å². The molecule has 0 aliphatic heterocycles. The predicted octanol–water partition coefficient (Wildman–Crippen LogP) is 2.96. The summed E-state index contributed by atoms with van der Waals surface area (Å²) in [6.07, 6.45) is 0. The fourth-order valence-corrected chi connectivity index (χ4v) is 2.99. The first-order valence-electron chi connectivity index (χ1n) is 6.06. The quantitative estimate of drug-likeness (QED) is 0.856. The number of para-hydroxylation sites is 1. The molecule has 0 amide bonds. The average molecular weight is 312 g/mol. The van der Waals surface area contributed by atoms with Crippen LogP contribution < -0.4 is 10.5 Å². The summed E-state index contributed by atoms with van der Waals surface area (Å²) in [4.78, 5) is -0.147. The molecule has 7 heteroatoms. The number of halogens is 2. The molecule has 3 N–H and O–H groups in total. The number of nitrogen functional groups attached to an aromatic ring is 1. The summed E-state index contributed by atoms with van der Waals surface area (Å²) in [5, 5.41) is 0. The Bertz CT molecular complexity index is 761. The largest absolute Gasteiger partial charge is 0.398 e. The number of hydrogen-bond acceptors (Lipinski definition) is 3. The van der Waals surface area contributed by atoms with Crippen molar-refractivity contribution in [3.8, 4) is 0 Å². The fraction of sp³-hybridized carbons (Fsp3) is 0.143. The number of nitrogens with one attached hydrogen (secondary N) is 1. The third kappa shape index (κ3) is 2.97. The lowest BCUT2D eigenvalue weighted by molar-refractivity contribution is 0.583. The van der Waals surface area contributed by atoms with Crippen LogP contribution in [-0.4, -0.2) is 8.42 Å². The van der Waals surface area contributed by atoms with Crippen LogP contribution in [0, 0.1) is 25.5 Å². The molecule has 0 bridgehead atoms. The lowest BCUT2D eigenvalue weighted by Crippen LogP contribution is -2.16. The highest BCUT2D eigenvalue weighted by molar-refractivity contribution is 7.92. The molecular weight excluding hydrogens is 298 g/mol. The van der Waals surface area contributed by atoms with Gasteiger partial charge in [0.25, 0.3) is 10.0 Å². The van der Waals surface area contributed by atoms with Crippen LogP contribution >= 0.6 is 0 Å². The number of benzene rings is 2. The van der Waals surface area contributed by atoms with E-state index < -0.39 is 27.3 Å². The van der Waals surface area contributed by atoms with Gasteiger partial charge in [0.1, 0.15) is 17.3 Å². The molecule has 0 unspecified atom stereocenters. The van der Waals surface area contributed by atoms with Gasteiger partial charge in [-0.05, 0) is 49.2 Å². The Balaban J connectivity index is 2.49. The molecular formula is C14H14F2N2O2S. The van der Waals surface area contributed by atoms with Gasteiger partial charge in [-0.2, -0.15) is 0 Å². The van der Waals surface area contributed by atoms with E-state index in [0.717, 1.165) is 23.8 Å². The first kappa shape index (κ1) is 15.2. The lowest BCUT2D eigenvalue weighted by atomic mass is 10.1. The van der Waals surface area contributed by atoms with Gasteiger partial charge in [0.15, 0.2) is 0 Å². The zero-order valence-corrected chi connectivity index (χ0v) is 12.3. The molecule has 2 aromatic rings. The van der Waals surface area contributed by atoms with Crippen LogP contribution in [0.15, 0.2) is 35.2 Å². The van der Waals surface area contributed by atoms with Crippen LogP contribution in [0.1, 0.15) is 11.1 Å². The minimum Gasteiger partial charge on any atom is -0.398 e. The van der Waals surface area contributed by atoms with Gasteiger partial charge in [0, 0.05) is 5.69 Å². The average Bonchev–Trinajstić information content (AvgIpc) is 2.40. The summed E-state index contributed by atoms with van der Waals surface area (Å²) >= 11 is 0. The molecule has 4 nitrogen and oxygen atoms in total. The van der Waals surface area contributed by atoms with Gasteiger partial charge in [-0.1, -0.05) is 6.07 Å². The Morgan fingerprint density at radius 1 is 1.10 bits per heavy atom. The van der Waals surface area contributed by atoms with Crippen LogP contribution in [-0.2, 0) is 10.0 Å². The highest BCUT2D eigenvalue weighted by Gasteiger charge is 2.20. The van der Waals surface area contributed by atoms with Crippen LogP contribution in [0.2, 0.25) is 0 Å². The zero-order chi connectivity index (χ0) is 15.8. The molecule has 0 aliphatic rings. The third-order valence-electron chi connectivity index (χ3n) is 3.19. The van der Waals surface area contributed by atoms with Crippen molar-refractivity contribution in [3.05, 3.63) is 53.1 Å². The summed E-state index contributed by atoms with van der Waals surface area (Å²) in [5.74, 6) is -1.98. The summed E-state index contributed by atoms with van der Waals surface area (Å²) < 4.78 is 53.4. The topological polar surface area (TPSA) is 72.2 Å². The van der Waals surface area contributed by atoms with Crippen LogP contribution in [0.3, 0.4) is 0 Å². The molecule has 0 atom stereocenters. The molecule has 0 saturated carbocycles. The van der Waals surface area contributed by atoms with Gasteiger partial charge >= 0.3 is 0 Å². The van der Waals surface area contributed by atoms with Crippen molar-refractivity contribution in [1.29, 1.82) is 0 Å². The Kier molecular flexibility index (Phi) is 3.87. The predicted molar refractivity (Wildman–Crippen MR) is 77.5 cm³/mol. The van der Waals surface area contributed by atoms with Crippen molar-refractivity contribution in [2.24, 2.45) is 0 Å².